The number of nitrogen functional groups attached to an aromatic ring is 1. The molecule has 0 atom stereocenters. The molecule has 0 bridgehead atoms. The second-order valence-corrected chi connectivity index (χ2v) is 5.36. The standard InChI is InChI=1S/C11H8BrFN4S/c12-7-1-9-10(2-8(7)13)17(11(14)16-9)3-6-4-18-5-15-6/h1-2,4-5H,3H2,(H2,14,16). The van der Waals surface area contributed by atoms with E-state index in [-0.39, 0.29) is 5.82 Å². The number of imidazole rings is 1. The molecule has 0 aliphatic carbocycles. The van der Waals surface area contributed by atoms with E-state index < -0.39 is 0 Å². The van der Waals surface area contributed by atoms with Crippen molar-refractivity contribution >= 4 is 44.2 Å². The summed E-state index contributed by atoms with van der Waals surface area (Å²) in [6.07, 6.45) is 0. The van der Waals surface area contributed by atoms with Crippen LogP contribution in [0.2, 0.25) is 0 Å². The van der Waals surface area contributed by atoms with Crippen molar-refractivity contribution in [3.8, 4) is 0 Å². The fourth-order valence-corrected chi connectivity index (χ4v) is 2.66. The van der Waals surface area contributed by atoms with Gasteiger partial charge in [-0.25, -0.2) is 14.4 Å². The van der Waals surface area contributed by atoms with Crippen LogP contribution in [0.3, 0.4) is 0 Å². The maximum Gasteiger partial charge on any atom is 0.201 e. The summed E-state index contributed by atoms with van der Waals surface area (Å²) in [5.41, 5.74) is 9.83. The van der Waals surface area contributed by atoms with Gasteiger partial charge in [0.25, 0.3) is 0 Å². The first-order valence-electron chi connectivity index (χ1n) is 5.13. The van der Waals surface area contributed by atoms with Crippen molar-refractivity contribution in [3.63, 3.8) is 0 Å². The summed E-state index contributed by atoms with van der Waals surface area (Å²) in [7, 11) is 0. The van der Waals surface area contributed by atoms with Gasteiger partial charge in [-0.2, -0.15) is 0 Å². The van der Waals surface area contributed by atoms with Gasteiger partial charge in [0, 0.05) is 11.4 Å². The van der Waals surface area contributed by atoms with Crippen LogP contribution >= 0.6 is 27.3 Å². The molecule has 0 amide bonds. The molecular weight excluding hydrogens is 319 g/mol. The summed E-state index contributed by atoms with van der Waals surface area (Å²) in [6.45, 7) is 0.493. The van der Waals surface area contributed by atoms with Gasteiger partial charge in [-0.15, -0.1) is 11.3 Å². The van der Waals surface area contributed by atoms with Crippen molar-refractivity contribution < 1.29 is 4.39 Å². The third-order valence-electron chi connectivity index (χ3n) is 2.62. The number of anilines is 1. The Morgan fingerprint density at radius 3 is 3.00 bits per heavy atom. The number of rotatable bonds is 2. The number of halogens is 2. The van der Waals surface area contributed by atoms with Gasteiger partial charge in [0.15, 0.2) is 0 Å². The Hall–Kier alpha value is -1.47. The Labute approximate surface area is 114 Å². The monoisotopic (exact) mass is 326 g/mol. The van der Waals surface area contributed by atoms with Gasteiger partial charge in [-0.3, -0.25) is 0 Å². The average molecular weight is 327 g/mol. The summed E-state index contributed by atoms with van der Waals surface area (Å²) >= 11 is 4.65. The number of benzene rings is 1. The minimum atomic E-state index is -0.332. The second kappa shape index (κ2) is 4.33. The molecule has 92 valence electrons. The van der Waals surface area contributed by atoms with Crippen molar-refractivity contribution in [2.24, 2.45) is 0 Å². The lowest BCUT2D eigenvalue weighted by atomic mass is 10.3. The first-order valence-corrected chi connectivity index (χ1v) is 6.86. The molecule has 0 saturated carbocycles. The van der Waals surface area contributed by atoms with Gasteiger partial charge in [-0.1, -0.05) is 0 Å². The molecule has 2 aromatic heterocycles. The Bertz CT molecular complexity index is 707. The van der Waals surface area contributed by atoms with Gasteiger partial charge in [-0.05, 0) is 22.0 Å². The predicted molar refractivity (Wildman–Crippen MR) is 73.0 cm³/mol. The van der Waals surface area contributed by atoms with Crippen LogP contribution in [0.15, 0.2) is 27.5 Å². The van der Waals surface area contributed by atoms with E-state index in [9.17, 15) is 4.39 Å². The molecule has 0 spiro atoms. The van der Waals surface area contributed by atoms with Crippen LogP contribution in [-0.2, 0) is 6.54 Å². The second-order valence-electron chi connectivity index (χ2n) is 3.79. The van der Waals surface area contributed by atoms with Crippen molar-refractivity contribution in [2.45, 2.75) is 6.54 Å². The lowest BCUT2D eigenvalue weighted by Crippen LogP contribution is -2.04. The smallest absolute Gasteiger partial charge is 0.201 e. The van der Waals surface area contributed by atoms with E-state index in [0.29, 0.717) is 28.0 Å². The lowest BCUT2D eigenvalue weighted by molar-refractivity contribution is 0.622. The van der Waals surface area contributed by atoms with E-state index in [2.05, 4.69) is 25.9 Å². The first kappa shape index (κ1) is 11.6. The molecule has 0 unspecified atom stereocenters. The third kappa shape index (κ3) is 1.89. The highest BCUT2D eigenvalue weighted by Crippen LogP contribution is 2.25. The molecule has 7 heteroatoms. The molecule has 0 aliphatic heterocycles. The summed E-state index contributed by atoms with van der Waals surface area (Å²) in [4.78, 5) is 8.41. The Morgan fingerprint density at radius 2 is 2.28 bits per heavy atom. The number of thiazole rings is 1. The van der Waals surface area contributed by atoms with E-state index in [1.54, 1.807) is 16.1 Å². The molecule has 0 radical (unpaired) electrons. The highest BCUT2D eigenvalue weighted by molar-refractivity contribution is 9.10. The summed E-state index contributed by atoms with van der Waals surface area (Å²) in [5, 5.41) is 1.93. The molecule has 18 heavy (non-hydrogen) atoms. The maximum absolute atomic E-state index is 13.6. The highest BCUT2D eigenvalue weighted by atomic mass is 79.9. The zero-order valence-corrected chi connectivity index (χ0v) is 11.5. The van der Waals surface area contributed by atoms with Gasteiger partial charge in [0.05, 0.1) is 33.3 Å². The van der Waals surface area contributed by atoms with Crippen molar-refractivity contribution in [1.29, 1.82) is 0 Å². The SMILES string of the molecule is Nc1nc2cc(Br)c(F)cc2n1Cc1cscn1. The molecule has 3 aromatic rings. The number of nitrogens with two attached hydrogens (primary N) is 1. The van der Waals surface area contributed by atoms with Crippen LogP contribution in [-0.4, -0.2) is 14.5 Å². The van der Waals surface area contributed by atoms with Crippen LogP contribution in [0, 0.1) is 5.82 Å². The zero-order chi connectivity index (χ0) is 12.7. The summed E-state index contributed by atoms with van der Waals surface area (Å²) < 4.78 is 15.7. The molecule has 0 saturated heterocycles. The van der Waals surface area contributed by atoms with E-state index in [0.717, 1.165) is 5.69 Å². The highest BCUT2D eigenvalue weighted by Gasteiger charge is 2.12. The predicted octanol–water partition coefficient (Wildman–Crippen LogP) is 3.02. The maximum atomic E-state index is 13.6. The van der Waals surface area contributed by atoms with Crippen molar-refractivity contribution in [3.05, 3.63) is 39.0 Å². The topological polar surface area (TPSA) is 56.7 Å². The Kier molecular flexibility index (Phi) is 2.79. The molecule has 1 aromatic carbocycles. The molecule has 0 aliphatic rings. The average Bonchev–Trinajstić information content (AvgIpc) is 2.92. The van der Waals surface area contributed by atoms with Crippen LogP contribution in [0.25, 0.3) is 11.0 Å². The van der Waals surface area contributed by atoms with Gasteiger partial charge < -0.3 is 10.3 Å². The summed E-state index contributed by atoms with van der Waals surface area (Å²) in [5.74, 6) is 0.0254. The van der Waals surface area contributed by atoms with E-state index >= 15 is 0 Å². The largest absolute Gasteiger partial charge is 0.369 e. The quantitative estimate of drug-likeness (QED) is 0.787. The van der Waals surface area contributed by atoms with Crippen molar-refractivity contribution in [1.82, 2.24) is 14.5 Å². The normalized spacial score (nSPS) is 11.2. The van der Waals surface area contributed by atoms with Crippen LogP contribution in [0.1, 0.15) is 5.69 Å². The molecule has 3 rings (SSSR count). The molecule has 4 nitrogen and oxygen atoms in total. The molecule has 2 N–H and O–H groups in total. The van der Waals surface area contributed by atoms with Gasteiger partial charge in [0.2, 0.25) is 5.95 Å². The van der Waals surface area contributed by atoms with Gasteiger partial charge in [0.1, 0.15) is 5.82 Å². The summed E-state index contributed by atoms with van der Waals surface area (Å²) in [6, 6.07) is 3.05. The molecule has 0 fully saturated rings. The number of aromatic nitrogens is 3. The minimum Gasteiger partial charge on any atom is -0.369 e. The third-order valence-corrected chi connectivity index (χ3v) is 3.87. The van der Waals surface area contributed by atoms with Gasteiger partial charge >= 0.3 is 0 Å². The van der Waals surface area contributed by atoms with E-state index in [1.807, 2.05) is 5.38 Å². The van der Waals surface area contributed by atoms with Crippen LogP contribution < -0.4 is 5.73 Å². The number of nitrogens with zero attached hydrogens (tertiary/aromatic N) is 3. The van der Waals surface area contributed by atoms with Crippen molar-refractivity contribution in [2.75, 3.05) is 5.73 Å². The zero-order valence-electron chi connectivity index (χ0n) is 9.10. The van der Waals surface area contributed by atoms with Crippen LogP contribution in [0.5, 0.6) is 0 Å². The fraction of sp³-hybridized carbons (Fsp3) is 0.0909. The number of hydrogen-bond donors (Lipinski definition) is 1. The molecule has 2 heterocycles. The lowest BCUT2D eigenvalue weighted by Gasteiger charge is -2.04. The Morgan fingerprint density at radius 1 is 1.44 bits per heavy atom. The van der Waals surface area contributed by atoms with Crippen LogP contribution in [0.4, 0.5) is 10.3 Å². The van der Waals surface area contributed by atoms with E-state index in [4.69, 9.17) is 5.73 Å². The van der Waals surface area contributed by atoms with E-state index in [1.165, 1.54) is 17.4 Å². The minimum absolute atomic E-state index is 0.332. The fourth-order valence-electron chi connectivity index (χ4n) is 1.78. The Balaban J connectivity index is 2.16. The first-order chi connectivity index (χ1) is 8.65. The number of fused-ring (bicyclic) bond motifs is 1. The molecular formula is C11H8BrFN4S. The number of hydrogen-bond acceptors (Lipinski definition) is 4.